The summed E-state index contributed by atoms with van der Waals surface area (Å²) in [7, 11) is 1.23. The van der Waals surface area contributed by atoms with Gasteiger partial charge in [-0.15, -0.1) is 0 Å². The molecule has 0 N–H and O–H groups in total. The molecule has 1 aromatic carbocycles. The van der Waals surface area contributed by atoms with E-state index in [0.29, 0.717) is 11.0 Å². The molecule has 1 fully saturated rings. The number of carbonyl (C=O) groups excluding carboxylic acids is 1. The molecular formula is C19H19NO4. The molecule has 1 aromatic heterocycles. The van der Waals surface area contributed by atoms with E-state index in [-0.39, 0.29) is 5.56 Å². The van der Waals surface area contributed by atoms with Crippen LogP contribution in [-0.2, 0) is 4.74 Å². The maximum atomic E-state index is 11.9. The number of methoxy groups -OCH3 is 1. The monoisotopic (exact) mass is 325 g/mol. The minimum absolute atomic E-state index is 0.103. The zero-order chi connectivity index (χ0) is 16.9. The Hall–Kier alpha value is -2.58. The van der Waals surface area contributed by atoms with Crippen molar-refractivity contribution >= 4 is 16.9 Å². The van der Waals surface area contributed by atoms with Gasteiger partial charge in [0.2, 0.25) is 0 Å². The van der Waals surface area contributed by atoms with Gasteiger partial charge in [-0.2, -0.15) is 0 Å². The molecule has 0 radical (unpaired) electrons. The highest BCUT2D eigenvalue weighted by Gasteiger charge is 2.14. The van der Waals surface area contributed by atoms with Gasteiger partial charge < -0.3 is 9.15 Å². The Kier molecular flexibility index (Phi) is 4.97. The molecule has 0 bridgehead atoms. The largest absolute Gasteiger partial charge is 0.465 e. The predicted molar refractivity (Wildman–Crippen MR) is 91.0 cm³/mol. The molecule has 0 saturated carbocycles. The number of nitrogens with zero attached hydrogens (tertiary/aromatic N) is 1. The van der Waals surface area contributed by atoms with Crippen LogP contribution in [0.1, 0.15) is 35.2 Å². The molecule has 1 aliphatic heterocycles. The number of carbonyl (C=O) groups is 1. The van der Waals surface area contributed by atoms with Gasteiger partial charge in [0.05, 0.1) is 13.7 Å². The van der Waals surface area contributed by atoms with Crippen molar-refractivity contribution in [1.29, 1.82) is 0 Å². The number of rotatable bonds is 2. The third-order valence-corrected chi connectivity index (χ3v) is 4.13. The summed E-state index contributed by atoms with van der Waals surface area (Å²) in [6, 6.07) is 6.85. The number of hydrogen-bond acceptors (Lipinski definition) is 5. The van der Waals surface area contributed by atoms with Crippen molar-refractivity contribution in [2.24, 2.45) is 0 Å². The van der Waals surface area contributed by atoms with E-state index in [0.717, 1.165) is 25.2 Å². The molecule has 124 valence electrons. The van der Waals surface area contributed by atoms with Crippen LogP contribution in [0.2, 0.25) is 0 Å². The number of likely N-dealkylation sites (tertiary alicyclic amines) is 1. The molecule has 1 saturated heterocycles. The van der Waals surface area contributed by atoms with E-state index < -0.39 is 11.6 Å². The van der Waals surface area contributed by atoms with Crippen LogP contribution in [0.25, 0.3) is 11.0 Å². The van der Waals surface area contributed by atoms with Crippen molar-refractivity contribution in [2.75, 3.05) is 26.7 Å². The molecule has 5 heteroatoms. The van der Waals surface area contributed by atoms with Gasteiger partial charge in [0.1, 0.15) is 11.1 Å². The fourth-order valence-corrected chi connectivity index (χ4v) is 2.81. The summed E-state index contributed by atoms with van der Waals surface area (Å²) >= 11 is 0. The standard InChI is InChI=1S/C19H19NO4/c1-23-18(21)16-13-15-8-7-14(12-17(15)24-19(16)22)6-5-11-20-9-3-2-4-10-20/h7-8,12-13H,2-4,9-11H2,1H3. The minimum Gasteiger partial charge on any atom is -0.465 e. The maximum Gasteiger partial charge on any atom is 0.351 e. The first-order valence-corrected chi connectivity index (χ1v) is 8.05. The maximum absolute atomic E-state index is 11.9. The van der Waals surface area contributed by atoms with Gasteiger partial charge in [0, 0.05) is 10.9 Å². The number of esters is 1. The van der Waals surface area contributed by atoms with Crippen LogP contribution < -0.4 is 5.63 Å². The first kappa shape index (κ1) is 16.3. The molecule has 3 rings (SSSR count). The van der Waals surface area contributed by atoms with E-state index in [9.17, 15) is 9.59 Å². The Balaban J connectivity index is 1.81. The van der Waals surface area contributed by atoms with Gasteiger partial charge in [-0.3, -0.25) is 4.90 Å². The van der Waals surface area contributed by atoms with Crippen molar-refractivity contribution in [3.8, 4) is 11.8 Å². The number of ether oxygens (including phenoxy) is 1. The van der Waals surface area contributed by atoms with Gasteiger partial charge in [-0.25, -0.2) is 9.59 Å². The zero-order valence-electron chi connectivity index (χ0n) is 13.6. The molecule has 2 aromatic rings. The molecule has 1 aliphatic rings. The zero-order valence-corrected chi connectivity index (χ0v) is 13.6. The Labute approximate surface area is 140 Å². The highest BCUT2D eigenvalue weighted by molar-refractivity contribution is 5.92. The summed E-state index contributed by atoms with van der Waals surface area (Å²) in [5, 5.41) is 0.664. The van der Waals surface area contributed by atoms with Gasteiger partial charge in [0.25, 0.3) is 0 Å². The van der Waals surface area contributed by atoms with E-state index in [1.807, 2.05) is 6.07 Å². The van der Waals surface area contributed by atoms with Crippen LogP contribution in [0.5, 0.6) is 0 Å². The highest BCUT2D eigenvalue weighted by atomic mass is 16.5. The summed E-state index contributed by atoms with van der Waals surface area (Å²) in [4.78, 5) is 25.7. The van der Waals surface area contributed by atoms with E-state index in [1.165, 1.54) is 32.4 Å². The molecule has 0 aliphatic carbocycles. The van der Waals surface area contributed by atoms with Gasteiger partial charge in [-0.05, 0) is 50.2 Å². The SMILES string of the molecule is COC(=O)c1cc2ccc(C#CCN3CCCCC3)cc2oc1=O. The lowest BCUT2D eigenvalue weighted by Crippen LogP contribution is -2.29. The number of piperidine rings is 1. The minimum atomic E-state index is -0.701. The van der Waals surface area contributed by atoms with Gasteiger partial charge in [0.15, 0.2) is 0 Å². The number of fused-ring (bicyclic) bond motifs is 1. The summed E-state index contributed by atoms with van der Waals surface area (Å²) in [5.41, 5.74) is 0.396. The second-order valence-electron chi connectivity index (χ2n) is 5.83. The Morgan fingerprint density at radius 2 is 2.04 bits per heavy atom. The molecule has 0 amide bonds. The van der Waals surface area contributed by atoms with E-state index >= 15 is 0 Å². The molecule has 0 unspecified atom stereocenters. The highest BCUT2D eigenvalue weighted by Crippen LogP contribution is 2.16. The Morgan fingerprint density at radius 1 is 1.25 bits per heavy atom. The fraction of sp³-hybridized carbons (Fsp3) is 0.368. The second kappa shape index (κ2) is 7.33. The number of benzene rings is 1. The third kappa shape index (κ3) is 3.66. The summed E-state index contributed by atoms with van der Waals surface area (Å²) in [6.07, 6.45) is 3.79. The normalized spacial score (nSPS) is 14.9. The van der Waals surface area contributed by atoms with Crippen LogP contribution in [0.3, 0.4) is 0 Å². The Morgan fingerprint density at radius 3 is 2.79 bits per heavy atom. The van der Waals surface area contributed by atoms with Gasteiger partial charge >= 0.3 is 11.6 Å². The van der Waals surface area contributed by atoms with Crippen molar-refractivity contribution in [3.63, 3.8) is 0 Å². The van der Waals surface area contributed by atoms with Crippen LogP contribution in [-0.4, -0.2) is 37.6 Å². The van der Waals surface area contributed by atoms with Crippen molar-refractivity contribution in [1.82, 2.24) is 4.90 Å². The predicted octanol–water partition coefficient (Wildman–Crippen LogP) is 2.42. The molecular weight excluding hydrogens is 306 g/mol. The summed E-state index contributed by atoms with van der Waals surface area (Å²) in [6.45, 7) is 2.97. The average Bonchev–Trinajstić information content (AvgIpc) is 2.61. The second-order valence-corrected chi connectivity index (χ2v) is 5.83. The van der Waals surface area contributed by atoms with Crippen molar-refractivity contribution in [3.05, 3.63) is 45.8 Å². The molecule has 5 nitrogen and oxygen atoms in total. The van der Waals surface area contributed by atoms with Crippen LogP contribution in [0, 0.1) is 11.8 Å². The first-order valence-electron chi connectivity index (χ1n) is 8.05. The lowest BCUT2D eigenvalue weighted by atomic mass is 10.1. The molecule has 0 atom stereocenters. The van der Waals surface area contributed by atoms with E-state index in [1.54, 1.807) is 12.1 Å². The quantitative estimate of drug-likeness (QED) is 0.482. The lowest BCUT2D eigenvalue weighted by Gasteiger charge is -2.23. The third-order valence-electron chi connectivity index (χ3n) is 4.13. The van der Waals surface area contributed by atoms with Crippen molar-refractivity contribution in [2.45, 2.75) is 19.3 Å². The molecule has 0 spiro atoms. The lowest BCUT2D eigenvalue weighted by molar-refractivity contribution is 0.0596. The van der Waals surface area contributed by atoms with Gasteiger partial charge in [-0.1, -0.05) is 18.3 Å². The van der Waals surface area contributed by atoms with E-state index in [4.69, 9.17) is 4.42 Å². The summed E-state index contributed by atoms with van der Waals surface area (Å²) in [5.74, 6) is 5.58. The Bertz CT molecular complexity index is 866. The topological polar surface area (TPSA) is 59.8 Å². The summed E-state index contributed by atoms with van der Waals surface area (Å²) < 4.78 is 9.79. The van der Waals surface area contributed by atoms with E-state index in [2.05, 4.69) is 21.5 Å². The first-order chi connectivity index (χ1) is 11.7. The van der Waals surface area contributed by atoms with Crippen LogP contribution in [0.4, 0.5) is 0 Å². The van der Waals surface area contributed by atoms with Crippen LogP contribution >= 0.6 is 0 Å². The fourth-order valence-electron chi connectivity index (χ4n) is 2.81. The molecule has 2 heterocycles. The van der Waals surface area contributed by atoms with Crippen molar-refractivity contribution < 1.29 is 13.9 Å². The van der Waals surface area contributed by atoms with Crippen LogP contribution in [0.15, 0.2) is 33.5 Å². The molecule has 24 heavy (non-hydrogen) atoms. The number of hydrogen-bond donors (Lipinski definition) is 0. The average molecular weight is 325 g/mol. The smallest absolute Gasteiger partial charge is 0.351 e.